The lowest BCUT2D eigenvalue weighted by molar-refractivity contribution is 0.158. The van der Waals surface area contributed by atoms with Crippen molar-refractivity contribution < 1.29 is 9.47 Å². The van der Waals surface area contributed by atoms with Crippen molar-refractivity contribution in [2.75, 3.05) is 31.6 Å². The van der Waals surface area contributed by atoms with Crippen molar-refractivity contribution in [2.24, 2.45) is 5.84 Å². The molecule has 0 unspecified atom stereocenters. The fourth-order valence-electron chi connectivity index (χ4n) is 1.48. The second-order valence-electron chi connectivity index (χ2n) is 4.19. The summed E-state index contributed by atoms with van der Waals surface area (Å²) < 4.78 is 10.3. The third kappa shape index (κ3) is 3.43. The predicted octanol–water partition coefficient (Wildman–Crippen LogP) is 0.608. The van der Waals surface area contributed by atoms with Crippen LogP contribution in [0.4, 0.5) is 11.6 Å². The Morgan fingerprint density at radius 3 is 2.47 bits per heavy atom. The zero-order valence-corrected chi connectivity index (χ0v) is 10.6. The van der Waals surface area contributed by atoms with Gasteiger partial charge in [0.05, 0.1) is 19.3 Å². The lowest BCUT2D eigenvalue weighted by atomic mass is 10.1. The summed E-state index contributed by atoms with van der Waals surface area (Å²) in [5, 5.41) is 3.22. The quantitative estimate of drug-likeness (QED) is 0.496. The van der Waals surface area contributed by atoms with Gasteiger partial charge in [0.25, 0.3) is 0 Å². The van der Waals surface area contributed by atoms with Crippen LogP contribution in [0.3, 0.4) is 0 Å². The Kier molecular flexibility index (Phi) is 4.47. The molecule has 0 aliphatic rings. The van der Waals surface area contributed by atoms with Gasteiger partial charge in [-0.3, -0.25) is 0 Å². The highest BCUT2D eigenvalue weighted by atomic mass is 16.5. The van der Waals surface area contributed by atoms with E-state index in [1.807, 2.05) is 13.8 Å². The van der Waals surface area contributed by atoms with Crippen LogP contribution in [0, 0.1) is 0 Å². The molecule has 0 atom stereocenters. The van der Waals surface area contributed by atoms with Crippen molar-refractivity contribution >= 4 is 11.6 Å². The van der Waals surface area contributed by atoms with Gasteiger partial charge < -0.3 is 20.2 Å². The highest BCUT2D eigenvalue weighted by Gasteiger charge is 2.21. The van der Waals surface area contributed by atoms with E-state index in [1.54, 1.807) is 7.11 Å². The number of nitrogens with two attached hydrogens (primary N) is 1. The second kappa shape index (κ2) is 5.65. The topological polar surface area (TPSA) is 94.3 Å². The minimum Gasteiger partial charge on any atom is -0.490 e. The summed E-state index contributed by atoms with van der Waals surface area (Å²) >= 11 is 0. The first-order chi connectivity index (χ1) is 8.04. The maximum atomic E-state index is 5.34. The van der Waals surface area contributed by atoms with Gasteiger partial charge in [-0.1, -0.05) is 0 Å². The molecule has 1 heterocycles. The summed E-state index contributed by atoms with van der Waals surface area (Å²) in [5.74, 6) is 6.81. The molecule has 0 aliphatic carbocycles. The molecular formula is C10H19N5O2. The van der Waals surface area contributed by atoms with E-state index >= 15 is 0 Å². The third-order valence-corrected chi connectivity index (χ3v) is 2.11. The van der Waals surface area contributed by atoms with Crippen LogP contribution in [0.2, 0.25) is 0 Å². The number of hydrogen-bond acceptors (Lipinski definition) is 7. The van der Waals surface area contributed by atoms with Crippen LogP contribution in [0.1, 0.15) is 13.8 Å². The number of methoxy groups -OCH3 is 2. The van der Waals surface area contributed by atoms with E-state index in [2.05, 4.69) is 20.7 Å². The molecule has 0 bridgehead atoms. The molecule has 0 saturated heterocycles. The Morgan fingerprint density at radius 1 is 1.29 bits per heavy atom. The first-order valence-electron chi connectivity index (χ1n) is 5.17. The molecule has 0 aromatic carbocycles. The molecule has 1 rings (SSSR count). The summed E-state index contributed by atoms with van der Waals surface area (Å²) in [6, 6.07) is 0. The number of anilines is 2. The molecular weight excluding hydrogens is 222 g/mol. The Morgan fingerprint density at radius 2 is 1.94 bits per heavy atom. The monoisotopic (exact) mass is 241 g/mol. The van der Waals surface area contributed by atoms with Crippen LogP contribution in [-0.4, -0.2) is 36.3 Å². The number of rotatable bonds is 6. The van der Waals surface area contributed by atoms with E-state index in [0.717, 1.165) is 0 Å². The fraction of sp³-hybridized carbons (Fsp3) is 0.600. The van der Waals surface area contributed by atoms with Crippen LogP contribution in [0.15, 0.2) is 6.33 Å². The molecule has 0 saturated carbocycles. The predicted molar refractivity (Wildman–Crippen MR) is 66.0 cm³/mol. The van der Waals surface area contributed by atoms with Crippen LogP contribution in [0.5, 0.6) is 5.75 Å². The summed E-state index contributed by atoms with van der Waals surface area (Å²) in [6.07, 6.45) is 1.41. The van der Waals surface area contributed by atoms with Crippen LogP contribution >= 0.6 is 0 Å². The summed E-state index contributed by atoms with van der Waals surface area (Å²) in [6.45, 7) is 4.52. The summed E-state index contributed by atoms with van der Waals surface area (Å²) in [4.78, 5) is 8.09. The van der Waals surface area contributed by atoms with Crippen molar-refractivity contribution in [1.29, 1.82) is 0 Å². The molecule has 0 amide bonds. The zero-order chi connectivity index (χ0) is 12.9. The standard InChI is InChI=1S/C10H19N5O2/c1-10(2,5-16-3)14-8-7(17-4)9(15-11)13-6-12-8/h6H,5,11H2,1-4H3,(H2,12,13,14,15). The largest absolute Gasteiger partial charge is 0.490 e. The van der Waals surface area contributed by atoms with Crippen LogP contribution in [-0.2, 0) is 4.74 Å². The average molecular weight is 241 g/mol. The number of ether oxygens (including phenoxy) is 2. The van der Waals surface area contributed by atoms with Crippen molar-refractivity contribution in [3.05, 3.63) is 6.33 Å². The average Bonchev–Trinajstić information content (AvgIpc) is 2.27. The highest BCUT2D eigenvalue weighted by molar-refractivity contribution is 5.63. The molecule has 1 aromatic heterocycles. The third-order valence-electron chi connectivity index (χ3n) is 2.11. The van der Waals surface area contributed by atoms with Crippen molar-refractivity contribution in [2.45, 2.75) is 19.4 Å². The summed E-state index contributed by atoms with van der Waals surface area (Å²) in [5.41, 5.74) is 2.18. The smallest absolute Gasteiger partial charge is 0.205 e. The van der Waals surface area contributed by atoms with E-state index in [0.29, 0.717) is 24.0 Å². The Balaban J connectivity index is 2.98. The van der Waals surface area contributed by atoms with Gasteiger partial charge in [-0.15, -0.1) is 0 Å². The van der Waals surface area contributed by atoms with Gasteiger partial charge in [-0.2, -0.15) is 0 Å². The van der Waals surface area contributed by atoms with E-state index in [4.69, 9.17) is 15.3 Å². The molecule has 0 radical (unpaired) electrons. The van der Waals surface area contributed by atoms with Gasteiger partial charge in [0.2, 0.25) is 5.75 Å². The zero-order valence-electron chi connectivity index (χ0n) is 10.6. The molecule has 7 heteroatoms. The van der Waals surface area contributed by atoms with Gasteiger partial charge in [-0.25, -0.2) is 15.8 Å². The van der Waals surface area contributed by atoms with Gasteiger partial charge in [0, 0.05) is 7.11 Å². The minimum absolute atomic E-state index is 0.276. The number of hydrogen-bond donors (Lipinski definition) is 3. The Hall–Kier alpha value is -1.60. The molecule has 1 aromatic rings. The summed E-state index contributed by atoms with van der Waals surface area (Å²) in [7, 11) is 3.18. The van der Waals surface area contributed by atoms with Gasteiger partial charge in [0.1, 0.15) is 6.33 Å². The molecule has 17 heavy (non-hydrogen) atoms. The fourth-order valence-corrected chi connectivity index (χ4v) is 1.48. The van der Waals surface area contributed by atoms with Gasteiger partial charge >= 0.3 is 0 Å². The second-order valence-corrected chi connectivity index (χ2v) is 4.19. The molecule has 7 nitrogen and oxygen atoms in total. The lowest BCUT2D eigenvalue weighted by Gasteiger charge is -2.26. The Labute approximate surface area is 101 Å². The van der Waals surface area contributed by atoms with E-state index in [9.17, 15) is 0 Å². The molecule has 0 fully saturated rings. The van der Waals surface area contributed by atoms with Gasteiger partial charge in [-0.05, 0) is 13.8 Å². The SMILES string of the molecule is COCC(C)(C)Nc1ncnc(NN)c1OC. The molecule has 0 spiro atoms. The first-order valence-corrected chi connectivity index (χ1v) is 5.17. The minimum atomic E-state index is -0.276. The number of nitrogen functional groups attached to an aromatic ring is 1. The molecule has 4 N–H and O–H groups in total. The maximum Gasteiger partial charge on any atom is 0.205 e. The van der Waals surface area contributed by atoms with Crippen LogP contribution < -0.4 is 21.3 Å². The van der Waals surface area contributed by atoms with Gasteiger partial charge in [0.15, 0.2) is 11.6 Å². The highest BCUT2D eigenvalue weighted by Crippen LogP contribution is 2.30. The number of nitrogens with zero attached hydrogens (tertiary/aromatic N) is 2. The normalized spacial score (nSPS) is 11.1. The molecule has 96 valence electrons. The lowest BCUT2D eigenvalue weighted by Crippen LogP contribution is -2.36. The number of aromatic nitrogens is 2. The molecule has 0 aliphatic heterocycles. The number of hydrazine groups is 1. The van der Waals surface area contributed by atoms with E-state index in [1.165, 1.54) is 13.4 Å². The maximum absolute atomic E-state index is 5.34. The first kappa shape index (κ1) is 13.5. The van der Waals surface area contributed by atoms with Crippen molar-refractivity contribution in [3.63, 3.8) is 0 Å². The Bertz CT molecular complexity index is 370. The number of nitrogens with one attached hydrogen (secondary N) is 2. The van der Waals surface area contributed by atoms with E-state index < -0.39 is 0 Å². The van der Waals surface area contributed by atoms with Crippen molar-refractivity contribution in [1.82, 2.24) is 9.97 Å². The van der Waals surface area contributed by atoms with Crippen molar-refractivity contribution in [3.8, 4) is 5.75 Å². The van der Waals surface area contributed by atoms with E-state index in [-0.39, 0.29) is 5.54 Å². The van der Waals surface area contributed by atoms with Crippen LogP contribution in [0.25, 0.3) is 0 Å².